The van der Waals surface area contributed by atoms with E-state index in [4.69, 9.17) is 4.74 Å². The molecule has 5 heteroatoms. The molecule has 0 aliphatic carbocycles. The predicted molar refractivity (Wildman–Crippen MR) is 79.9 cm³/mol. The van der Waals surface area contributed by atoms with Crippen LogP contribution < -0.4 is 5.32 Å². The second kappa shape index (κ2) is 6.24. The van der Waals surface area contributed by atoms with Crippen LogP contribution in [0.1, 0.15) is 17.7 Å². The average molecular weight is 294 g/mol. The van der Waals surface area contributed by atoms with Crippen molar-refractivity contribution in [2.75, 3.05) is 26.7 Å². The number of hydrogen-bond donors (Lipinski definition) is 1. The van der Waals surface area contributed by atoms with Crippen LogP contribution in [-0.4, -0.2) is 49.7 Å². The summed E-state index contributed by atoms with van der Waals surface area (Å²) in [7, 11) is 2.11. The number of likely N-dealkylation sites (tertiary alicyclic amines) is 1. The topological polar surface area (TPSA) is 41.6 Å². The molecular weight excluding hydrogens is 272 g/mol. The number of thiophene rings is 1. The number of hydrogen-bond acceptors (Lipinski definition) is 4. The van der Waals surface area contributed by atoms with Gasteiger partial charge in [-0.2, -0.15) is 0 Å². The molecule has 4 nitrogen and oxygen atoms in total. The Kier molecular flexibility index (Phi) is 4.38. The Morgan fingerprint density at radius 2 is 2.50 bits per heavy atom. The molecule has 0 bridgehead atoms. The normalized spacial score (nSPS) is 30.1. The largest absolute Gasteiger partial charge is 0.377 e. The van der Waals surface area contributed by atoms with Crippen molar-refractivity contribution in [3.8, 4) is 0 Å². The molecule has 3 atom stereocenters. The van der Waals surface area contributed by atoms with E-state index in [1.165, 1.54) is 4.88 Å². The van der Waals surface area contributed by atoms with Crippen LogP contribution in [0.15, 0.2) is 17.5 Å². The highest BCUT2D eigenvalue weighted by molar-refractivity contribution is 7.09. The number of nitrogens with one attached hydrogen (secondary N) is 1. The fourth-order valence-electron chi connectivity index (χ4n) is 3.30. The lowest BCUT2D eigenvalue weighted by atomic mass is 9.90. The molecule has 0 saturated carbocycles. The van der Waals surface area contributed by atoms with Gasteiger partial charge < -0.3 is 10.1 Å². The molecule has 110 valence electrons. The fraction of sp³-hybridized carbons (Fsp3) is 0.667. The molecule has 2 aliphatic heterocycles. The molecule has 2 saturated heterocycles. The maximum Gasteiger partial charge on any atom is 0.224 e. The van der Waals surface area contributed by atoms with Crippen molar-refractivity contribution in [3.05, 3.63) is 22.4 Å². The number of fused-ring (bicyclic) bond motifs is 1. The molecule has 20 heavy (non-hydrogen) atoms. The van der Waals surface area contributed by atoms with Gasteiger partial charge in [0, 0.05) is 30.6 Å². The minimum Gasteiger partial charge on any atom is -0.377 e. The number of carbonyl (C=O) groups excluding carboxylic acids is 1. The summed E-state index contributed by atoms with van der Waals surface area (Å²) in [4.78, 5) is 15.9. The Balaban J connectivity index is 1.47. The van der Waals surface area contributed by atoms with Crippen LogP contribution in [0.3, 0.4) is 0 Å². The van der Waals surface area contributed by atoms with E-state index in [0.29, 0.717) is 6.04 Å². The van der Waals surface area contributed by atoms with Crippen LogP contribution >= 0.6 is 11.3 Å². The van der Waals surface area contributed by atoms with E-state index in [0.717, 1.165) is 39.0 Å². The van der Waals surface area contributed by atoms with Crippen molar-refractivity contribution in [2.24, 2.45) is 5.92 Å². The molecule has 0 unspecified atom stereocenters. The SMILES string of the molecule is CN1C[C@@H](C(=O)NCCc2cccs2)C[C@@H]2OCC[C@@H]21. The first-order chi connectivity index (χ1) is 9.74. The third-order valence-corrected chi connectivity index (χ3v) is 5.32. The van der Waals surface area contributed by atoms with Crippen LogP contribution in [0.25, 0.3) is 0 Å². The fourth-order valence-corrected chi connectivity index (χ4v) is 4.01. The van der Waals surface area contributed by atoms with Gasteiger partial charge in [-0.1, -0.05) is 6.07 Å². The van der Waals surface area contributed by atoms with E-state index >= 15 is 0 Å². The van der Waals surface area contributed by atoms with Crippen LogP contribution in [0.4, 0.5) is 0 Å². The van der Waals surface area contributed by atoms with Crippen LogP contribution in [-0.2, 0) is 16.0 Å². The summed E-state index contributed by atoms with van der Waals surface area (Å²) in [6, 6.07) is 4.68. The Bertz CT molecular complexity index is 449. The summed E-state index contributed by atoms with van der Waals surface area (Å²) in [6.45, 7) is 2.43. The van der Waals surface area contributed by atoms with Crippen molar-refractivity contribution in [1.29, 1.82) is 0 Å². The summed E-state index contributed by atoms with van der Waals surface area (Å²) < 4.78 is 5.75. The number of amides is 1. The van der Waals surface area contributed by atoms with E-state index in [1.807, 2.05) is 0 Å². The monoisotopic (exact) mass is 294 g/mol. The first-order valence-corrected chi connectivity index (χ1v) is 8.24. The lowest BCUT2D eigenvalue weighted by Crippen LogP contribution is -2.51. The lowest BCUT2D eigenvalue weighted by molar-refractivity contribution is -0.129. The molecule has 1 aromatic heterocycles. The van der Waals surface area contributed by atoms with E-state index < -0.39 is 0 Å². The number of rotatable bonds is 4. The zero-order valence-electron chi connectivity index (χ0n) is 11.9. The second-order valence-corrected chi connectivity index (χ2v) is 6.79. The first kappa shape index (κ1) is 14.0. The van der Waals surface area contributed by atoms with Gasteiger partial charge >= 0.3 is 0 Å². The third-order valence-electron chi connectivity index (χ3n) is 4.39. The van der Waals surface area contributed by atoms with Crippen molar-refractivity contribution >= 4 is 17.2 Å². The van der Waals surface area contributed by atoms with Gasteiger partial charge in [0.2, 0.25) is 5.91 Å². The van der Waals surface area contributed by atoms with Gasteiger partial charge in [0.1, 0.15) is 0 Å². The quantitative estimate of drug-likeness (QED) is 0.915. The van der Waals surface area contributed by atoms with Gasteiger partial charge in [-0.3, -0.25) is 9.69 Å². The average Bonchev–Trinajstić information content (AvgIpc) is 3.08. The van der Waals surface area contributed by atoms with Crippen molar-refractivity contribution in [1.82, 2.24) is 10.2 Å². The van der Waals surface area contributed by atoms with Gasteiger partial charge in [-0.15, -0.1) is 11.3 Å². The molecule has 0 spiro atoms. The standard InChI is InChI=1S/C15H22N2O2S/c1-17-10-11(9-14-13(17)5-7-19-14)15(18)16-6-4-12-3-2-8-20-12/h2-3,8,11,13-14H,4-7,9-10H2,1H3,(H,16,18)/t11-,13-,14-/m0/s1. The number of carbonyl (C=O) groups is 1. The molecule has 0 radical (unpaired) electrons. The summed E-state index contributed by atoms with van der Waals surface area (Å²) in [5.41, 5.74) is 0. The number of ether oxygens (including phenoxy) is 1. The van der Waals surface area contributed by atoms with Crippen molar-refractivity contribution in [2.45, 2.75) is 31.4 Å². The number of nitrogens with zero attached hydrogens (tertiary/aromatic N) is 1. The molecule has 3 rings (SSSR count). The second-order valence-electron chi connectivity index (χ2n) is 5.76. The van der Waals surface area contributed by atoms with Gasteiger partial charge in [-0.25, -0.2) is 0 Å². The zero-order valence-corrected chi connectivity index (χ0v) is 12.7. The predicted octanol–water partition coefficient (Wildman–Crippen LogP) is 1.52. The van der Waals surface area contributed by atoms with E-state index in [2.05, 4.69) is 34.8 Å². The maximum absolute atomic E-state index is 12.3. The summed E-state index contributed by atoms with van der Waals surface area (Å²) in [5.74, 6) is 0.255. The van der Waals surface area contributed by atoms with Gasteiger partial charge in [-0.05, 0) is 37.8 Å². The van der Waals surface area contributed by atoms with E-state index in [1.54, 1.807) is 11.3 Å². The Morgan fingerprint density at radius 1 is 1.60 bits per heavy atom. The molecule has 1 amide bonds. The Hall–Kier alpha value is -0.910. The van der Waals surface area contributed by atoms with E-state index in [9.17, 15) is 4.79 Å². The van der Waals surface area contributed by atoms with Crippen molar-refractivity contribution in [3.63, 3.8) is 0 Å². The third kappa shape index (κ3) is 3.05. The Labute approximate surface area is 124 Å². The molecule has 2 fully saturated rings. The molecule has 3 heterocycles. The Morgan fingerprint density at radius 3 is 3.30 bits per heavy atom. The summed E-state index contributed by atoms with van der Waals surface area (Å²) in [5, 5.41) is 5.15. The van der Waals surface area contributed by atoms with Gasteiger partial charge in [0.15, 0.2) is 0 Å². The molecule has 0 aromatic carbocycles. The van der Waals surface area contributed by atoms with Gasteiger partial charge in [0.25, 0.3) is 0 Å². The van der Waals surface area contributed by atoms with Gasteiger partial charge in [0.05, 0.1) is 12.0 Å². The van der Waals surface area contributed by atoms with E-state index in [-0.39, 0.29) is 17.9 Å². The highest BCUT2D eigenvalue weighted by atomic mass is 32.1. The van der Waals surface area contributed by atoms with Crippen LogP contribution in [0.5, 0.6) is 0 Å². The molecule has 1 N–H and O–H groups in total. The minimum atomic E-state index is 0.0719. The van der Waals surface area contributed by atoms with Crippen LogP contribution in [0, 0.1) is 5.92 Å². The first-order valence-electron chi connectivity index (χ1n) is 7.36. The summed E-state index contributed by atoms with van der Waals surface area (Å²) >= 11 is 1.74. The molecule has 1 aromatic rings. The number of piperidine rings is 1. The maximum atomic E-state index is 12.3. The highest BCUT2D eigenvalue weighted by Gasteiger charge is 2.40. The smallest absolute Gasteiger partial charge is 0.224 e. The highest BCUT2D eigenvalue weighted by Crippen LogP contribution is 2.30. The lowest BCUT2D eigenvalue weighted by Gasteiger charge is -2.37. The molecular formula is C15H22N2O2S. The summed E-state index contributed by atoms with van der Waals surface area (Å²) in [6.07, 6.45) is 3.16. The zero-order chi connectivity index (χ0) is 13.9. The number of likely N-dealkylation sites (N-methyl/N-ethyl adjacent to an activating group) is 1. The van der Waals surface area contributed by atoms with Crippen LogP contribution in [0.2, 0.25) is 0 Å². The minimum absolute atomic E-state index is 0.0719. The van der Waals surface area contributed by atoms with Crippen molar-refractivity contribution < 1.29 is 9.53 Å². The molecule has 2 aliphatic rings.